The first kappa shape index (κ1) is 22.2. The van der Waals surface area contributed by atoms with E-state index in [9.17, 15) is 14.4 Å². The molecule has 0 unspecified atom stereocenters. The Labute approximate surface area is 171 Å². The number of ether oxygens (including phenoxy) is 2. The summed E-state index contributed by atoms with van der Waals surface area (Å²) >= 11 is 0. The lowest BCUT2D eigenvalue weighted by atomic mass is 10.2. The molecule has 156 valence electrons. The molecule has 1 aromatic carbocycles. The quantitative estimate of drug-likeness (QED) is 0.516. The number of nitrogens with one attached hydrogen (secondary N) is 1. The summed E-state index contributed by atoms with van der Waals surface area (Å²) in [6.07, 6.45) is 0.703. The minimum Gasteiger partial charge on any atom is -0.466 e. The summed E-state index contributed by atoms with van der Waals surface area (Å²) < 4.78 is 12.0. The van der Waals surface area contributed by atoms with E-state index in [0.29, 0.717) is 25.1 Å². The number of benzene rings is 1. The Morgan fingerprint density at radius 3 is 2.52 bits per heavy atom. The van der Waals surface area contributed by atoms with Crippen LogP contribution in [0, 0.1) is 20.8 Å². The van der Waals surface area contributed by atoms with Gasteiger partial charge in [-0.25, -0.2) is 4.79 Å². The minimum atomic E-state index is -0.543. The van der Waals surface area contributed by atoms with Crippen LogP contribution >= 0.6 is 0 Å². The maximum Gasteiger partial charge on any atom is 0.340 e. The molecular weight excluding hydrogens is 372 g/mol. The van der Waals surface area contributed by atoms with Gasteiger partial charge in [0.25, 0.3) is 5.91 Å². The van der Waals surface area contributed by atoms with E-state index >= 15 is 0 Å². The van der Waals surface area contributed by atoms with Crippen molar-refractivity contribution in [3.05, 3.63) is 52.8 Å². The molecule has 0 aliphatic rings. The number of rotatable bonds is 9. The Bertz CT molecular complexity index is 885. The molecule has 0 aliphatic carbocycles. The summed E-state index contributed by atoms with van der Waals surface area (Å²) in [6.45, 7) is 7.81. The maximum absolute atomic E-state index is 12.4. The molecule has 7 nitrogen and oxygen atoms in total. The molecule has 29 heavy (non-hydrogen) atoms. The van der Waals surface area contributed by atoms with Gasteiger partial charge in [0.1, 0.15) is 0 Å². The summed E-state index contributed by atoms with van der Waals surface area (Å²) in [5, 5.41) is 2.62. The minimum absolute atomic E-state index is 0.235. The topological polar surface area (TPSA) is 86.6 Å². The normalized spacial score (nSPS) is 10.5. The maximum atomic E-state index is 12.4. The van der Waals surface area contributed by atoms with Gasteiger partial charge in [0.15, 0.2) is 6.61 Å². The van der Waals surface area contributed by atoms with Gasteiger partial charge in [0, 0.05) is 30.0 Å². The Morgan fingerprint density at radius 2 is 1.83 bits per heavy atom. The number of hydrogen-bond acceptors (Lipinski definition) is 5. The highest BCUT2D eigenvalue weighted by atomic mass is 16.5. The first-order chi connectivity index (χ1) is 13.8. The van der Waals surface area contributed by atoms with Crippen molar-refractivity contribution < 1.29 is 23.9 Å². The lowest BCUT2D eigenvalue weighted by Gasteiger charge is -2.11. The van der Waals surface area contributed by atoms with Crippen LogP contribution in [-0.2, 0) is 19.1 Å². The zero-order valence-corrected chi connectivity index (χ0v) is 17.4. The van der Waals surface area contributed by atoms with Gasteiger partial charge in [-0.1, -0.05) is 12.1 Å². The van der Waals surface area contributed by atoms with Crippen LogP contribution in [-0.4, -0.2) is 42.2 Å². The average Bonchev–Trinajstić information content (AvgIpc) is 2.97. The third-order valence-corrected chi connectivity index (χ3v) is 4.43. The van der Waals surface area contributed by atoms with Gasteiger partial charge in [-0.15, -0.1) is 0 Å². The lowest BCUT2D eigenvalue weighted by Crippen LogP contribution is -2.30. The van der Waals surface area contributed by atoms with Crippen molar-refractivity contribution in [3.8, 4) is 5.69 Å². The second kappa shape index (κ2) is 10.5. The predicted molar refractivity (Wildman–Crippen MR) is 109 cm³/mol. The SMILES string of the molecule is CCOC(=O)CCCNC(=O)COC(=O)c1cc(C)n(-c2cccc(C)c2)c1C. The van der Waals surface area contributed by atoms with Gasteiger partial charge in [0.2, 0.25) is 0 Å². The monoisotopic (exact) mass is 400 g/mol. The highest BCUT2D eigenvalue weighted by Gasteiger charge is 2.19. The van der Waals surface area contributed by atoms with E-state index in [0.717, 1.165) is 22.6 Å². The third kappa shape index (κ3) is 6.20. The Morgan fingerprint density at radius 1 is 1.07 bits per heavy atom. The van der Waals surface area contributed by atoms with Crippen molar-refractivity contribution >= 4 is 17.8 Å². The zero-order chi connectivity index (χ0) is 21.4. The van der Waals surface area contributed by atoms with E-state index in [4.69, 9.17) is 9.47 Å². The van der Waals surface area contributed by atoms with Crippen LogP contribution in [0.3, 0.4) is 0 Å². The van der Waals surface area contributed by atoms with Crippen LogP contribution in [0.25, 0.3) is 5.69 Å². The largest absolute Gasteiger partial charge is 0.466 e. The van der Waals surface area contributed by atoms with Gasteiger partial charge in [-0.05, 0) is 57.9 Å². The number of esters is 2. The second-order valence-corrected chi connectivity index (χ2v) is 6.79. The molecule has 0 aliphatic heterocycles. The number of aromatic nitrogens is 1. The first-order valence-corrected chi connectivity index (χ1v) is 9.69. The van der Waals surface area contributed by atoms with Crippen LogP contribution in [0.1, 0.15) is 47.1 Å². The molecule has 0 radical (unpaired) electrons. The van der Waals surface area contributed by atoms with Crippen LogP contribution in [0.4, 0.5) is 0 Å². The molecule has 2 aromatic rings. The van der Waals surface area contributed by atoms with Gasteiger partial charge < -0.3 is 19.4 Å². The Balaban J connectivity index is 1.89. The molecule has 0 bridgehead atoms. The van der Waals surface area contributed by atoms with E-state index in [-0.39, 0.29) is 19.0 Å². The highest BCUT2D eigenvalue weighted by Crippen LogP contribution is 2.22. The summed E-state index contributed by atoms with van der Waals surface area (Å²) in [6, 6.07) is 9.76. The summed E-state index contributed by atoms with van der Waals surface area (Å²) in [7, 11) is 0. The van der Waals surface area contributed by atoms with Gasteiger partial charge >= 0.3 is 11.9 Å². The number of carbonyl (C=O) groups excluding carboxylic acids is 3. The Hall–Kier alpha value is -3.09. The van der Waals surface area contributed by atoms with E-state index in [1.165, 1.54) is 0 Å². The van der Waals surface area contributed by atoms with Gasteiger partial charge in [-0.2, -0.15) is 0 Å². The van der Waals surface area contributed by atoms with Gasteiger partial charge in [-0.3, -0.25) is 9.59 Å². The predicted octanol–water partition coefficient (Wildman–Crippen LogP) is 3.02. The fraction of sp³-hybridized carbons (Fsp3) is 0.409. The van der Waals surface area contributed by atoms with Crippen LogP contribution in [0.15, 0.2) is 30.3 Å². The molecule has 1 heterocycles. The fourth-order valence-electron chi connectivity index (χ4n) is 3.09. The summed E-state index contributed by atoms with van der Waals surface area (Å²) in [5.74, 6) is -1.24. The molecular formula is C22H28N2O5. The number of nitrogens with zero attached hydrogens (tertiary/aromatic N) is 1. The van der Waals surface area contributed by atoms with Crippen molar-refractivity contribution in [2.24, 2.45) is 0 Å². The molecule has 0 saturated heterocycles. The zero-order valence-electron chi connectivity index (χ0n) is 17.4. The van der Waals surface area contributed by atoms with Crippen molar-refractivity contribution in [1.82, 2.24) is 9.88 Å². The molecule has 7 heteroatoms. The smallest absolute Gasteiger partial charge is 0.340 e. The molecule has 1 amide bonds. The van der Waals surface area contributed by atoms with E-state index in [1.54, 1.807) is 13.0 Å². The van der Waals surface area contributed by atoms with Crippen molar-refractivity contribution in [3.63, 3.8) is 0 Å². The third-order valence-electron chi connectivity index (χ3n) is 4.43. The number of carbonyl (C=O) groups is 3. The molecule has 0 spiro atoms. The fourth-order valence-corrected chi connectivity index (χ4v) is 3.09. The summed E-state index contributed by atoms with van der Waals surface area (Å²) in [5.41, 5.74) is 4.19. The molecule has 1 N–H and O–H groups in total. The molecule has 0 fully saturated rings. The number of aryl methyl sites for hydroxylation is 2. The Kier molecular flexibility index (Phi) is 8.00. The van der Waals surface area contributed by atoms with Crippen LogP contribution < -0.4 is 5.32 Å². The van der Waals surface area contributed by atoms with Gasteiger partial charge in [0.05, 0.1) is 12.2 Å². The standard InChI is InChI=1S/C22H28N2O5/c1-5-28-21(26)10-7-11-23-20(25)14-29-22(27)19-13-16(3)24(17(19)4)18-9-6-8-15(2)12-18/h6,8-9,12-13H,5,7,10-11,14H2,1-4H3,(H,23,25). The van der Waals surface area contributed by atoms with Crippen LogP contribution in [0.5, 0.6) is 0 Å². The number of hydrogen-bond donors (Lipinski definition) is 1. The summed E-state index contributed by atoms with van der Waals surface area (Å²) in [4.78, 5) is 35.5. The van der Waals surface area contributed by atoms with Crippen molar-refractivity contribution in [2.45, 2.75) is 40.5 Å². The van der Waals surface area contributed by atoms with E-state index in [1.807, 2.05) is 49.6 Å². The first-order valence-electron chi connectivity index (χ1n) is 9.69. The average molecular weight is 400 g/mol. The molecule has 2 rings (SSSR count). The molecule has 0 saturated carbocycles. The lowest BCUT2D eigenvalue weighted by molar-refractivity contribution is -0.143. The van der Waals surface area contributed by atoms with Crippen molar-refractivity contribution in [1.29, 1.82) is 0 Å². The van der Waals surface area contributed by atoms with Crippen LogP contribution in [0.2, 0.25) is 0 Å². The molecule has 0 atom stereocenters. The number of amides is 1. The van der Waals surface area contributed by atoms with E-state index in [2.05, 4.69) is 5.32 Å². The van der Waals surface area contributed by atoms with E-state index < -0.39 is 11.9 Å². The second-order valence-electron chi connectivity index (χ2n) is 6.79. The van der Waals surface area contributed by atoms with Crippen molar-refractivity contribution in [2.75, 3.05) is 19.8 Å². The highest BCUT2D eigenvalue weighted by molar-refractivity contribution is 5.93. The molecule has 1 aromatic heterocycles.